The Morgan fingerprint density at radius 3 is 2.29 bits per heavy atom. The maximum absolute atomic E-state index is 12.5. The van der Waals surface area contributed by atoms with Crippen molar-refractivity contribution in [1.29, 1.82) is 0 Å². The molecule has 2 amide bonds. The van der Waals surface area contributed by atoms with Crippen molar-refractivity contribution in [1.82, 2.24) is 4.90 Å². The standard InChI is InChI=1S/C24H35N3O4/c1-2-31-24(30)14-12-22(28)25-20-8-10-21(11-9-20)26-15-17-27(18-16-26)23(29)13-7-19-5-3-4-6-19/h8-11,19H,2-7,12-18H2,1H3,(H,25,28). The lowest BCUT2D eigenvalue weighted by molar-refractivity contribution is -0.144. The lowest BCUT2D eigenvalue weighted by Gasteiger charge is -2.36. The van der Waals surface area contributed by atoms with Crippen LogP contribution in [0.15, 0.2) is 24.3 Å². The van der Waals surface area contributed by atoms with E-state index >= 15 is 0 Å². The van der Waals surface area contributed by atoms with Crippen LogP contribution in [-0.4, -0.2) is 55.5 Å². The maximum atomic E-state index is 12.5. The smallest absolute Gasteiger partial charge is 0.306 e. The second kappa shape index (κ2) is 11.7. The highest BCUT2D eigenvalue weighted by atomic mass is 16.5. The van der Waals surface area contributed by atoms with Crippen LogP contribution in [-0.2, 0) is 19.1 Å². The minimum absolute atomic E-state index is 0.0847. The minimum atomic E-state index is -0.357. The van der Waals surface area contributed by atoms with Gasteiger partial charge in [-0.15, -0.1) is 0 Å². The topological polar surface area (TPSA) is 79.0 Å². The monoisotopic (exact) mass is 429 g/mol. The van der Waals surface area contributed by atoms with Crippen molar-refractivity contribution in [3.05, 3.63) is 24.3 Å². The number of hydrogen-bond acceptors (Lipinski definition) is 5. The highest BCUT2D eigenvalue weighted by Crippen LogP contribution is 2.29. The van der Waals surface area contributed by atoms with Crippen molar-refractivity contribution < 1.29 is 19.1 Å². The second-order valence-electron chi connectivity index (χ2n) is 8.46. The molecular weight excluding hydrogens is 394 g/mol. The van der Waals surface area contributed by atoms with E-state index in [1.807, 2.05) is 29.2 Å². The predicted molar refractivity (Wildman–Crippen MR) is 121 cm³/mol. The second-order valence-corrected chi connectivity index (χ2v) is 8.46. The Morgan fingerprint density at radius 2 is 1.65 bits per heavy atom. The Kier molecular flexibility index (Phi) is 8.74. The number of carbonyl (C=O) groups is 3. The molecule has 1 aromatic carbocycles. The molecule has 170 valence electrons. The van der Waals surface area contributed by atoms with Gasteiger partial charge in [-0.05, 0) is 43.5 Å². The van der Waals surface area contributed by atoms with Crippen LogP contribution in [0.3, 0.4) is 0 Å². The van der Waals surface area contributed by atoms with Gasteiger partial charge in [0, 0.05) is 50.4 Å². The number of benzene rings is 1. The van der Waals surface area contributed by atoms with Crippen LogP contribution in [0, 0.1) is 5.92 Å². The first-order chi connectivity index (χ1) is 15.0. The third-order valence-corrected chi connectivity index (χ3v) is 6.25. The molecule has 1 saturated heterocycles. The van der Waals surface area contributed by atoms with Crippen LogP contribution < -0.4 is 10.2 Å². The summed E-state index contributed by atoms with van der Waals surface area (Å²) in [5.74, 6) is 0.497. The molecule has 1 saturated carbocycles. The summed E-state index contributed by atoms with van der Waals surface area (Å²) < 4.78 is 4.84. The number of carbonyl (C=O) groups excluding carboxylic acids is 3. The van der Waals surface area contributed by atoms with Gasteiger partial charge in [0.05, 0.1) is 13.0 Å². The molecule has 3 rings (SSSR count). The van der Waals surface area contributed by atoms with Crippen molar-refractivity contribution in [3.8, 4) is 0 Å². The van der Waals surface area contributed by atoms with E-state index in [4.69, 9.17) is 4.74 Å². The van der Waals surface area contributed by atoms with Crippen LogP contribution in [0.1, 0.15) is 58.3 Å². The number of ether oxygens (including phenoxy) is 1. The van der Waals surface area contributed by atoms with E-state index in [1.165, 1.54) is 25.7 Å². The molecule has 0 unspecified atom stereocenters. The molecule has 2 fully saturated rings. The highest BCUT2D eigenvalue weighted by molar-refractivity contribution is 5.92. The van der Waals surface area contributed by atoms with Gasteiger partial charge >= 0.3 is 5.97 Å². The van der Waals surface area contributed by atoms with E-state index in [9.17, 15) is 14.4 Å². The van der Waals surface area contributed by atoms with Gasteiger partial charge in [-0.25, -0.2) is 0 Å². The number of nitrogens with one attached hydrogen (secondary N) is 1. The summed E-state index contributed by atoms with van der Waals surface area (Å²) in [6.07, 6.45) is 7.17. The number of rotatable bonds is 9. The molecule has 0 aromatic heterocycles. The minimum Gasteiger partial charge on any atom is -0.466 e. The molecule has 0 radical (unpaired) electrons. The molecule has 7 nitrogen and oxygen atoms in total. The lowest BCUT2D eigenvalue weighted by atomic mass is 10.0. The molecule has 1 N–H and O–H groups in total. The van der Waals surface area contributed by atoms with Gasteiger partial charge in [0.25, 0.3) is 0 Å². The molecule has 0 bridgehead atoms. The molecule has 1 aliphatic heterocycles. The number of anilines is 2. The summed E-state index contributed by atoms with van der Waals surface area (Å²) in [4.78, 5) is 40.1. The fraction of sp³-hybridized carbons (Fsp3) is 0.625. The summed E-state index contributed by atoms with van der Waals surface area (Å²) in [6.45, 7) is 5.23. The third-order valence-electron chi connectivity index (χ3n) is 6.25. The quantitative estimate of drug-likeness (QED) is 0.607. The Hall–Kier alpha value is -2.57. The van der Waals surface area contributed by atoms with Gasteiger partial charge in [-0.1, -0.05) is 25.7 Å². The van der Waals surface area contributed by atoms with Crippen molar-refractivity contribution in [3.63, 3.8) is 0 Å². The zero-order chi connectivity index (χ0) is 22.1. The van der Waals surface area contributed by atoms with Crippen molar-refractivity contribution in [2.24, 2.45) is 5.92 Å². The first-order valence-corrected chi connectivity index (χ1v) is 11.6. The summed E-state index contributed by atoms with van der Waals surface area (Å²) in [5.41, 5.74) is 1.79. The summed E-state index contributed by atoms with van der Waals surface area (Å²) in [6, 6.07) is 7.71. The first-order valence-electron chi connectivity index (χ1n) is 11.6. The molecule has 0 atom stereocenters. The Labute approximate surface area is 185 Å². The number of piperazine rings is 1. The van der Waals surface area contributed by atoms with Gasteiger partial charge in [0.15, 0.2) is 0 Å². The zero-order valence-corrected chi connectivity index (χ0v) is 18.6. The normalized spacial score (nSPS) is 16.9. The van der Waals surface area contributed by atoms with Gasteiger partial charge in [0.1, 0.15) is 0 Å². The lowest BCUT2D eigenvalue weighted by Crippen LogP contribution is -2.48. The van der Waals surface area contributed by atoms with Gasteiger partial charge in [-0.2, -0.15) is 0 Å². The van der Waals surface area contributed by atoms with Crippen LogP contribution in [0.5, 0.6) is 0 Å². The number of nitrogens with zero attached hydrogens (tertiary/aromatic N) is 2. The molecule has 1 aliphatic carbocycles. The molecular formula is C24H35N3O4. The van der Waals surface area contributed by atoms with Crippen LogP contribution in [0.2, 0.25) is 0 Å². The van der Waals surface area contributed by atoms with E-state index in [1.54, 1.807) is 6.92 Å². The number of amides is 2. The highest BCUT2D eigenvalue weighted by Gasteiger charge is 2.23. The maximum Gasteiger partial charge on any atom is 0.306 e. The zero-order valence-electron chi connectivity index (χ0n) is 18.6. The Morgan fingerprint density at radius 1 is 0.968 bits per heavy atom. The predicted octanol–water partition coefficient (Wildman–Crippen LogP) is 3.59. The van der Waals surface area contributed by atoms with Crippen LogP contribution in [0.25, 0.3) is 0 Å². The Balaban J connectivity index is 1.39. The number of esters is 1. The average molecular weight is 430 g/mol. The van der Waals surface area contributed by atoms with E-state index in [0.717, 1.165) is 44.2 Å². The van der Waals surface area contributed by atoms with E-state index in [2.05, 4.69) is 10.2 Å². The number of hydrogen-bond donors (Lipinski definition) is 1. The van der Waals surface area contributed by atoms with Crippen LogP contribution >= 0.6 is 0 Å². The average Bonchev–Trinajstić information content (AvgIpc) is 3.31. The largest absolute Gasteiger partial charge is 0.466 e. The fourth-order valence-corrected chi connectivity index (χ4v) is 4.43. The molecule has 7 heteroatoms. The van der Waals surface area contributed by atoms with E-state index in [-0.39, 0.29) is 24.7 Å². The van der Waals surface area contributed by atoms with E-state index in [0.29, 0.717) is 24.6 Å². The Bertz CT molecular complexity index is 736. The van der Waals surface area contributed by atoms with Gasteiger partial charge in [0.2, 0.25) is 11.8 Å². The first kappa shape index (κ1) is 23.1. The molecule has 31 heavy (non-hydrogen) atoms. The summed E-state index contributed by atoms with van der Waals surface area (Å²) in [5, 5.41) is 2.81. The third kappa shape index (κ3) is 7.26. The van der Waals surface area contributed by atoms with Gasteiger partial charge < -0.3 is 19.9 Å². The summed E-state index contributed by atoms with van der Waals surface area (Å²) in [7, 11) is 0. The van der Waals surface area contributed by atoms with Crippen molar-refractivity contribution in [2.75, 3.05) is 43.0 Å². The molecule has 2 aliphatic rings. The van der Waals surface area contributed by atoms with Crippen molar-refractivity contribution >= 4 is 29.2 Å². The SMILES string of the molecule is CCOC(=O)CCC(=O)Nc1ccc(N2CCN(C(=O)CCC3CCCC3)CC2)cc1. The summed E-state index contributed by atoms with van der Waals surface area (Å²) >= 11 is 0. The fourth-order valence-electron chi connectivity index (χ4n) is 4.43. The molecule has 0 spiro atoms. The van der Waals surface area contributed by atoms with Crippen LogP contribution in [0.4, 0.5) is 11.4 Å². The molecule has 1 heterocycles. The van der Waals surface area contributed by atoms with Gasteiger partial charge in [-0.3, -0.25) is 14.4 Å². The molecule has 1 aromatic rings. The van der Waals surface area contributed by atoms with E-state index < -0.39 is 0 Å². The van der Waals surface area contributed by atoms with Crippen molar-refractivity contribution in [2.45, 2.75) is 58.3 Å².